The Bertz CT molecular complexity index is 541. The number of carboxylic acid groups (broad SMARTS) is 1. The normalized spacial score (nSPS) is 10.2. The molecule has 20 heavy (non-hydrogen) atoms. The molecule has 108 valence electrons. The third-order valence-corrected chi connectivity index (χ3v) is 2.77. The van der Waals surface area contributed by atoms with Crippen LogP contribution in [0.5, 0.6) is 0 Å². The van der Waals surface area contributed by atoms with Crippen molar-refractivity contribution in [2.24, 2.45) is 5.92 Å². The Morgan fingerprint density at radius 3 is 2.55 bits per heavy atom. The molecule has 0 aliphatic heterocycles. The van der Waals surface area contributed by atoms with E-state index in [0.717, 1.165) is 5.56 Å². The SMILES string of the molecule is Cc1ccc(C(=O)[O-])cc1NC(=S)NC(=O)CC(C)C. The molecule has 1 rings (SSSR count). The van der Waals surface area contributed by atoms with E-state index in [1.165, 1.54) is 12.1 Å². The number of carboxylic acids is 1. The van der Waals surface area contributed by atoms with Crippen LogP contribution in [0.15, 0.2) is 18.2 Å². The molecule has 1 amide bonds. The van der Waals surface area contributed by atoms with E-state index in [4.69, 9.17) is 12.2 Å². The zero-order valence-corrected chi connectivity index (χ0v) is 12.5. The Hall–Kier alpha value is -1.95. The number of nitrogens with one attached hydrogen (secondary N) is 2. The third-order valence-electron chi connectivity index (χ3n) is 2.57. The number of anilines is 1. The number of aromatic carboxylic acids is 1. The lowest BCUT2D eigenvalue weighted by Gasteiger charge is -2.14. The number of thiocarbonyl (C=S) groups is 1. The first-order valence-electron chi connectivity index (χ1n) is 6.22. The van der Waals surface area contributed by atoms with E-state index in [2.05, 4.69) is 10.6 Å². The number of benzene rings is 1. The van der Waals surface area contributed by atoms with Gasteiger partial charge in [0.2, 0.25) is 5.91 Å². The van der Waals surface area contributed by atoms with Crippen LogP contribution in [-0.2, 0) is 4.79 Å². The summed E-state index contributed by atoms with van der Waals surface area (Å²) in [6.07, 6.45) is 0.375. The Morgan fingerprint density at radius 1 is 1.35 bits per heavy atom. The van der Waals surface area contributed by atoms with Crippen LogP contribution in [0, 0.1) is 12.8 Å². The van der Waals surface area contributed by atoms with Gasteiger partial charge in [-0.2, -0.15) is 0 Å². The maximum Gasteiger partial charge on any atom is 0.226 e. The van der Waals surface area contributed by atoms with Crippen molar-refractivity contribution in [3.8, 4) is 0 Å². The summed E-state index contributed by atoms with van der Waals surface area (Å²) in [7, 11) is 0. The summed E-state index contributed by atoms with van der Waals surface area (Å²) in [6, 6.07) is 4.52. The highest BCUT2D eigenvalue weighted by Gasteiger charge is 2.08. The highest BCUT2D eigenvalue weighted by atomic mass is 32.1. The smallest absolute Gasteiger partial charge is 0.226 e. The topological polar surface area (TPSA) is 81.3 Å². The van der Waals surface area contributed by atoms with E-state index in [1.54, 1.807) is 13.0 Å². The first kappa shape index (κ1) is 16.1. The fourth-order valence-corrected chi connectivity index (χ4v) is 1.81. The molecule has 0 saturated carbocycles. The summed E-state index contributed by atoms with van der Waals surface area (Å²) in [4.78, 5) is 22.4. The Balaban J connectivity index is 2.73. The molecular formula is C14H17N2O3S-. The molecule has 2 N–H and O–H groups in total. The summed E-state index contributed by atoms with van der Waals surface area (Å²) in [5.41, 5.74) is 1.39. The van der Waals surface area contributed by atoms with Crippen molar-refractivity contribution in [3.63, 3.8) is 0 Å². The molecule has 0 unspecified atom stereocenters. The van der Waals surface area contributed by atoms with Gasteiger partial charge < -0.3 is 20.5 Å². The molecule has 0 bridgehead atoms. The molecule has 0 radical (unpaired) electrons. The summed E-state index contributed by atoms with van der Waals surface area (Å²) in [5.74, 6) is -1.20. The molecule has 0 heterocycles. The molecule has 5 nitrogen and oxygen atoms in total. The predicted molar refractivity (Wildman–Crippen MR) is 79.3 cm³/mol. The fourth-order valence-electron chi connectivity index (χ4n) is 1.59. The molecule has 0 atom stereocenters. The number of carbonyl (C=O) groups excluding carboxylic acids is 2. The zero-order chi connectivity index (χ0) is 15.3. The van der Waals surface area contributed by atoms with E-state index < -0.39 is 5.97 Å². The minimum absolute atomic E-state index is 0.0504. The van der Waals surface area contributed by atoms with Gasteiger partial charge in [-0.05, 0) is 42.3 Å². The highest BCUT2D eigenvalue weighted by Crippen LogP contribution is 2.16. The van der Waals surface area contributed by atoms with Crippen LogP contribution >= 0.6 is 12.2 Å². The summed E-state index contributed by atoms with van der Waals surface area (Å²) < 4.78 is 0. The van der Waals surface area contributed by atoms with Gasteiger partial charge in [0.25, 0.3) is 0 Å². The lowest BCUT2D eigenvalue weighted by molar-refractivity contribution is -0.255. The van der Waals surface area contributed by atoms with E-state index >= 15 is 0 Å². The van der Waals surface area contributed by atoms with Gasteiger partial charge in [0, 0.05) is 12.1 Å². The van der Waals surface area contributed by atoms with Crippen molar-refractivity contribution in [2.45, 2.75) is 27.2 Å². The van der Waals surface area contributed by atoms with E-state index in [-0.39, 0.29) is 22.5 Å². The van der Waals surface area contributed by atoms with Crippen LogP contribution in [0.1, 0.15) is 36.2 Å². The number of hydrogen-bond acceptors (Lipinski definition) is 4. The molecule has 1 aromatic rings. The number of carbonyl (C=O) groups is 2. The molecular weight excluding hydrogens is 276 g/mol. The van der Waals surface area contributed by atoms with Crippen LogP contribution in [0.3, 0.4) is 0 Å². The van der Waals surface area contributed by atoms with Gasteiger partial charge in [-0.25, -0.2) is 0 Å². The van der Waals surface area contributed by atoms with Gasteiger partial charge in [-0.15, -0.1) is 0 Å². The Kier molecular flexibility index (Phi) is 5.64. The highest BCUT2D eigenvalue weighted by molar-refractivity contribution is 7.80. The predicted octanol–water partition coefficient (Wildman–Crippen LogP) is 1.22. The first-order valence-corrected chi connectivity index (χ1v) is 6.63. The zero-order valence-electron chi connectivity index (χ0n) is 11.6. The van der Waals surface area contributed by atoms with Crippen LogP contribution < -0.4 is 15.7 Å². The molecule has 6 heteroatoms. The number of aryl methyl sites for hydroxylation is 1. The largest absolute Gasteiger partial charge is 0.545 e. The number of rotatable bonds is 4. The van der Waals surface area contributed by atoms with Crippen molar-refractivity contribution in [2.75, 3.05) is 5.32 Å². The number of amides is 1. The van der Waals surface area contributed by atoms with Gasteiger partial charge in [0.05, 0.1) is 5.97 Å². The van der Waals surface area contributed by atoms with E-state index in [9.17, 15) is 14.7 Å². The van der Waals surface area contributed by atoms with Crippen LogP contribution in [-0.4, -0.2) is 17.0 Å². The summed E-state index contributed by atoms with van der Waals surface area (Å²) >= 11 is 5.03. The lowest BCUT2D eigenvalue weighted by atomic mass is 10.1. The molecule has 0 aromatic heterocycles. The Labute approximate surface area is 123 Å². The molecule has 0 aliphatic carbocycles. The van der Waals surface area contributed by atoms with Gasteiger partial charge in [-0.1, -0.05) is 26.0 Å². The lowest BCUT2D eigenvalue weighted by Crippen LogP contribution is -2.35. The van der Waals surface area contributed by atoms with E-state index in [1.807, 2.05) is 13.8 Å². The van der Waals surface area contributed by atoms with Crippen molar-refractivity contribution in [1.82, 2.24) is 5.32 Å². The Morgan fingerprint density at radius 2 is 2.00 bits per heavy atom. The molecule has 1 aromatic carbocycles. The number of hydrogen-bond donors (Lipinski definition) is 2. The minimum Gasteiger partial charge on any atom is -0.545 e. The van der Waals surface area contributed by atoms with Gasteiger partial charge in [0.15, 0.2) is 5.11 Å². The maximum atomic E-state index is 11.6. The van der Waals surface area contributed by atoms with Gasteiger partial charge in [-0.3, -0.25) is 4.79 Å². The van der Waals surface area contributed by atoms with Crippen LogP contribution in [0.4, 0.5) is 5.69 Å². The molecule has 0 spiro atoms. The van der Waals surface area contributed by atoms with Crippen molar-refractivity contribution >= 4 is 34.9 Å². The summed E-state index contributed by atoms with van der Waals surface area (Å²) in [5, 5.41) is 16.3. The average molecular weight is 293 g/mol. The van der Waals surface area contributed by atoms with Crippen molar-refractivity contribution in [3.05, 3.63) is 29.3 Å². The fraction of sp³-hybridized carbons (Fsp3) is 0.357. The van der Waals surface area contributed by atoms with Crippen LogP contribution in [0.25, 0.3) is 0 Å². The van der Waals surface area contributed by atoms with E-state index in [0.29, 0.717) is 12.1 Å². The molecule has 0 aliphatic rings. The standard InChI is InChI=1S/C14H18N2O3S/c1-8(2)6-12(17)16-14(20)15-11-7-10(13(18)19)5-4-9(11)3/h4-5,7-8H,6H2,1-3H3,(H,18,19)(H2,15,16,17,20)/p-1. The average Bonchev–Trinajstić information content (AvgIpc) is 2.30. The monoisotopic (exact) mass is 293 g/mol. The van der Waals surface area contributed by atoms with Crippen molar-refractivity contribution in [1.29, 1.82) is 0 Å². The van der Waals surface area contributed by atoms with Gasteiger partial charge in [0.1, 0.15) is 0 Å². The second-order valence-electron chi connectivity index (χ2n) is 4.92. The first-order chi connectivity index (χ1) is 9.29. The van der Waals surface area contributed by atoms with Crippen molar-refractivity contribution < 1.29 is 14.7 Å². The maximum absolute atomic E-state index is 11.6. The second kappa shape index (κ2) is 7.00. The quantitative estimate of drug-likeness (QED) is 0.816. The minimum atomic E-state index is -1.26. The van der Waals surface area contributed by atoms with Crippen LogP contribution in [0.2, 0.25) is 0 Å². The summed E-state index contributed by atoms with van der Waals surface area (Å²) in [6.45, 7) is 5.67. The molecule has 0 fully saturated rings. The molecule has 0 saturated heterocycles. The van der Waals surface area contributed by atoms with Gasteiger partial charge >= 0.3 is 0 Å². The third kappa shape index (κ3) is 4.97. The second-order valence-corrected chi connectivity index (χ2v) is 5.33.